The third-order valence-corrected chi connectivity index (χ3v) is 5.10. The van der Waals surface area contributed by atoms with Crippen molar-refractivity contribution in [1.82, 2.24) is 15.4 Å². The lowest BCUT2D eigenvalue weighted by Gasteiger charge is -2.16. The predicted octanol–water partition coefficient (Wildman–Crippen LogP) is 3.39. The van der Waals surface area contributed by atoms with Crippen molar-refractivity contribution in [3.8, 4) is 0 Å². The third kappa shape index (κ3) is 3.55. The number of rotatable bonds is 3. The van der Waals surface area contributed by atoms with Gasteiger partial charge in [0.1, 0.15) is 0 Å². The lowest BCUT2D eigenvalue weighted by atomic mass is 10.2. The van der Waals surface area contributed by atoms with E-state index in [0.29, 0.717) is 14.9 Å². The Labute approximate surface area is 156 Å². The second-order valence-corrected chi connectivity index (χ2v) is 7.25. The van der Waals surface area contributed by atoms with Gasteiger partial charge in [0.25, 0.3) is 11.8 Å². The maximum Gasteiger partial charge on any atom is 0.285 e. The van der Waals surface area contributed by atoms with Gasteiger partial charge < -0.3 is 0 Å². The molecule has 0 bridgehead atoms. The third-order valence-electron chi connectivity index (χ3n) is 3.11. The first kappa shape index (κ1) is 16.8. The molecule has 1 N–H and O–H groups in total. The molecular formula is C16H10BrN3O2S2. The molecule has 5 nitrogen and oxygen atoms in total. The zero-order valence-electron chi connectivity index (χ0n) is 12.1. The van der Waals surface area contributed by atoms with Crippen molar-refractivity contribution in [1.29, 1.82) is 0 Å². The van der Waals surface area contributed by atoms with Gasteiger partial charge in [-0.2, -0.15) is 5.01 Å². The van der Waals surface area contributed by atoms with E-state index in [9.17, 15) is 9.59 Å². The van der Waals surface area contributed by atoms with E-state index < -0.39 is 5.91 Å². The number of carbonyl (C=O) groups excluding carboxylic acids is 2. The van der Waals surface area contributed by atoms with Gasteiger partial charge in [0, 0.05) is 16.9 Å². The molecule has 2 amide bonds. The minimum absolute atomic E-state index is 0.274. The maximum atomic E-state index is 12.5. The fourth-order valence-electron chi connectivity index (χ4n) is 1.98. The molecule has 2 aromatic rings. The van der Waals surface area contributed by atoms with Crippen molar-refractivity contribution in [3.05, 3.63) is 69.3 Å². The van der Waals surface area contributed by atoms with Crippen LogP contribution in [0.4, 0.5) is 0 Å². The Hall–Kier alpha value is -2.03. The van der Waals surface area contributed by atoms with Crippen molar-refractivity contribution < 1.29 is 9.59 Å². The summed E-state index contributed by atoms with van der Waals surface area (Å²) in [4.78, 5) is 29.3. The number of amides is 2. The van der Waals surface area contributed by atoms with Crippen LogP contribution in [0.25, 0.3) is 6.08 Å². The van der Waals surface area contributed by atoms with Crippen molar-refractivity contribution >= 4 is 62.1 Å². The zero-order valence-corrected chi connectivity index (χ0v) is 15.3. The van der Waals surface area contributed by atoms with Crippen LogP contribution in [0.2, 0.25) is 0 Å². The van der Waals surface area contributed by atoms with Gasteiger partial charge in [-0.25, -0.2) is 0 Å². The summed E-state index contributed by atoms with van der Waals surface area (Å²) in [7, 11) is 0. The van der Waals surface area contributed by atoms with E-state index in [0.717, 1.165) is 22.3 Å². The largest absolute Gasteiger partial charge is 0.285 e. The van der Waals surface area contributed by atoms with Crippen molar-refractivity contribution in [3.63, 3.8) is 0 Å². The van der Waals surface area contributed by atoms with Gasteiger partial charge >= 0.3 is 0 Å². The summed E-state index contributed by atoms with van der Waals surface area (Å²) in [6.45, 7) is 0. The average Bonchev–Trinajstić information content (AvgIpc) is 2.83. The van der Waals surface area contributed by atoms with Crippen molar-refractivity contribution in [2.24, 2.45) is 0 Å². The molecular weight excluding hydrogens is 410 g/mol. The van der Waals surface area contributed by atoms with Crippen LogP contribution in [0, 0.1) is 0 Å². The van der Waals surface area contributed by atoms with E-state index in [1.165, 1.54) is 0 Å². The van der Waals surface area contributed by atoms with E-state index in [1.54, 1.807) is 48.8 Å². The Kier molecular flexibility index (Phi) is 5.08. The van der Waals surface area contributed by atoms with Gasteiger partial charge in [-0.05, 0) is 58.0 Å². The number of pyridine rings is 1. The number of halogens is 1. The first-order valence-electron chi connectivity index (χ1n) is 6.80. The quantitative estimate of drug-likeness (QED) is 0.610. The number of thioether (sulfide) groups is 1. The first-order chi connectivity index (χ1) is 11.6. The molecule has 120 valence electrons. The number of carbonyl (C=O) groups is 2. The summed E-state index contributed by atoms with van der Waals surface area (Å²) in [6.07, 6.45) is 4.99. The van der Waals surface area contributed by atoms with Crippen molar-refractivity contribution in [2.75, 3.05) is 0 Å². The molecule has 1 aliphatic rings. The SMILES string of the molecule is O=C(NN1C(=O)C(=Cc2cccnc2)SC1=S)c1ccccc1Br. The van der Waals surface area contributed by atoms with Crippen LogP contribution in [-0.2, 0) is 4.79 Å². The molecule has 0 saturated carbocycles. The molecule has 1 fully saturated rings. The Bertz CT molecular complexity index is 855. The van der Waals surface area contributed by atoms with Gasteiger partial charge in [0.2, 0.25) is 0 Å². The van der Waals surface area contributed by atoms with E-state index in [1.807, 2.05) is 6.07 Å². The van der Waals surface area contributed by atoms with Crippen LogP contribution in [0.3, 0.4) is 0 Å². The molecule has 0 aliphatic carbocycles. The van der Waals surface area contributed by atoms with Crippen LogP contribution in [0.5, 0.6) is 0 Å². The Morgan fingerprint density at radius 3 is 2.79 bits per heavy atom. The number of hydrogen-bond acceptors (Lipinski definition) is 5. The molecule has 1 aliphatic heterocycles. The normalized spacial score (nSPS) is 15.9. The molecule has 0 unspecified atom stereocenters. The Balaban J connectivity index is 1.79. The molecule has 0 atom stereocenters. The average molecular weight is 420 g/mol. The molecule has 8 heteroatoms. The summed E-state index contributed by atoms with van der Waals surface area (Å²) >= 11 is 9.64. The van der Waals surface area contributed by atoms with Crippen LogP contribution in [0.15, 0.2) is 58.2 Å². The van der Waals surface area contributed by atoms with Crippen LogP contribution in [0.1, 0.15) is 15.9 Å². The second-order valence-electron chi connectivity index (χ2n) is 4.72. The number of benzene rings is 1. The predicted molar refractivity (Wildman–Crippen MR) is 101 cm³/mol. The number of aromatic nitrogens is 1. The smallest absolute Gasteiger partial charge is 0.267 e. The minimum Gasteiger partial charge on any atom is -0.267 e. The van der Waals surface area contributed by atoms with E-state index in [-0.39, 0.29) is 10.2 Å². The molecule has 0 radical (unpaired) electrons. The standard InChI is InChI=1S/C16H10BrN3O2S2/c17-12-6-2-1-5-11(12)14(21)19-20-15(22)13(24-16(20)23)8-10-4-3-7-18-9-10/h1-9H,(H,19,21). The number of hydrogen-bond donors (Lipinski definition) is 1. The monoisotopic (exact) mass is 419 g/mol. The highest BCUT2D eigenvalue weighted by molar-refractivity contribution is 9.10. The van der Waals surface area contributed by atoms with Crippen molar-refractivity contribution in [2.45, 2.75) is 0 Å². The highest BCUT2D eigenvalue weighted by Gasteiger charge is 2.34. The van der Waals surface area contributed by atoms with Gasteiger partial charge in [-0.15, -0.1) is 0 Å². The highest BCUT2D eigenvalue weighted by atomic mass is 79.9. The number of hydrazine groups is 1. The van der Waals surface area contributed by atoms with Gasteiger partial charge in [0.05, 0.1) is 10.5 Å². The van der Waals surface area contributed by atoms with Gasteiger partial charge in [-0.1, -0.05) is 30.0 Å². The Morgan fingerprint density at radius 2 is 2.08 bits per heavy atom. The summed E-state index contributed by atoms with van der Waals surface area (Å²) in [5.74, 6) is -0.782. The van der Waals surface area contributed by atoms with E-state index in [2.05, 4.69) is 26.3 Å². The van der Waals surface area contributed by atoms with Gasteiger partial charge in [0.15, 0.2) is 4.32 Å². The fourth-order valence-corrected chi connectivity index (χ4v) is 3.63. The molecule has 2 heterocycles. The summed E-state index contributed by atoms with van der Waals surface area (Å²) < 4.78 is 0.911. The summed E-state index contributed by atoms with van der Waals surface area (Å²) in [5.41, 5.74) is 3.75. The summed E-state index contributed by atoms with van der Waals surface area (Å²) in [6, 6.07) is 10.6. The first-order valence-corrected chi connectivity index (χ1v) is 8.81. The zero-order chi connectivity index (χ0) is 17.1. The van der Waals surface area contributed by atoms with Crippen LogP contribution >= 0.6 is 39.9 Å². The van der Waals surface area contributed by atoms with Crippen LogP contribution < -0.4 is 5.43 Å². The molecule has 3 rings (SSSR count). The van der Waals surface area contributed by atoms with E-state index >= 15 is 0 Å². The lowest BCUT2D eigenvalue weighted by molar-refractivity contribution is -0.123. The number of nitrogens with zero attached hydrogens (tertiary/aromatic N) is 2. The van der Waals surface area contributed by atoms with E-state index in [4.69, 9.17) is 12.2 Å². The summed E-state index contributed by atoms with van der Waals surface area (Å²) in [5, 5.41) is 1.09. The maximum absolute atomic E-state index is 12.5. The molecule has 24 heavy (non-hydrogen) atoms. The molecule has 1 saturated heterocycles. The minimum atomic E-state index is -0.415. The van der Waals surface area contributed by atoms with Gasteiger partial charge in [-0.3, -0.25) is 20.0 Å². The number of thiocarbonyl (C=S) groups is 1. The van der Waals surface area contributed by atoms with Crippen LogP contribution in [-0.4, -0.2) is 26.1 Å². The fraction of sp³-hybridized carbons (Fsp3) is 0. The molecule has 0 spiro atoms. The topological polar surface area (TPSA) is 62.3 Å². The molecule has 1 aromatic heterocycles. The Morgan fingerprint density at radius 1 is 1.29 bits per heavy atom. The second kappa shape index (κ2) is 7.25. The number of nitrogens with one attached hydrogen (secondary N) is 1. The lowest BCUT2D eigenvalue weighted by Crippen LogP contribution is -2.44. The highest BCUT2D eigenvalue weighted by Crippen LogP contribution is 2.31. The molecule has 1 aromatic carbocycles.